The number of carbonyl (C=O) groups is 1. The van der Waals surface area contributed by atoms with Crippen LogP contribution in [-0.4, -0.2) is 59.5 Å². The molecule has 3 N–H and O–H groups in total. The number of carbonyl (C=O) groups excluding carboxylic acids is 1. The molecule has 0 bridgehead atoms. The zero-order valence-electron chi connectivity index (χ0n) is 18.0. The Bertz CT molecular complexity index is 763. The second kappa shape index (κ2) is 13.1. The summed E-state index contributed by atoms with van der Waals surface area (Å²) in [6.45, 7) is 5.47. The van der Waals surface area contributed by atoms with Crippen molar-refractivity contribution in [2.75, 3.05) is 32.7 Å². The fraction of sp³-hybridized carbons (Fsp3) is 0.565. The molecule has 2 fully saturated rings. The topological polar surface area (TPSA) is 73.1 Å². The van der Waals surface area contributed by atoms with Gasteiger partial charge in [0, 0.05) is 37.4 Å². The van der Waals surface area contributed by atoms with Crippen LogP contribution in [0.25, 0.3) is 0 Å². The zero-order valence-corrected chi connectivity index (χ0v) is 19.6. The van der Waals surface area contributed by atoms with Gasteiger partial charge in [0.25, 0.3) is 0 Å². The third kappa shape index (κ3) is 7.79. The van der Waals surface area contributed by atoms with Gasteiger partial charge in [0.1, 0.15) is 0 Å². The van der Waals surface area contributed by atoms with E-state index >= 15 is 0 Å². The maximum Gasteiger partial charge on any atom is 0.224 e. The average Bonchev–Trinajstić information content (AvgIpc) is 3.42. The van der Waals surface area contributed by atoms with Gasteiger partial charge < -0.3 is 15.6 Å². The lowest BCUT2D eigenvalue weighted by atomic mass is 9.97. The fourth-order valence-corrected chi connectivity index (χ4v) is 4.67. The summed E-state index contributed by atoms with van der Waals surface area (Å²) < 4.78 is 0. The molecule has 2 aliphatic heterocycles. The first kappa shape index (κ1) is 25.7. The molecule has 3 heterocycles. The molecule has 0 spiro atoms. The Hall–Kier alpha value is -1.60. The van der Waals surface area contributed by atoms with Gasteiger partial charge in [-0.2, -0.15) is 0 Å². The van der Waals surface area contributed by atoms with Crippen LogP contribution in [0.4, 0.5) is 0 Å². The molecule has 0 aliphatic carbocycles. The summed E-state index contributed by atoms with van der Waals surface area (Å²) in [5.41, 5.74) is 3.52. The molecule has 0 radical (unpaired) electrons. The van der Waals surface area contributed by atoms with Crippen LogP contribution in [0.15, 0.2) is 36.8 Å². The maximum absolute atomic E-state index is 12.1. The first-order valence-electron chi connectivity index (χ1n) is 11.0. The summed E-state index contributed by atoms with van der Waals surface area (Å²) >= 11 is 0. The Morgan fingerprint density at radius 2 is 1.84 bits per heavy atom. The van der Waals surface area contributed by atoms with E-state index in [4.69, 9.17) is 0 Å². The third-order valence-electron chi connectivity index (χ3n) is 6.33. The number of imidazole rings is 1. The average molecular weight is 468 g/mol. The van der Waals surface area contributed by atoms with Crippen molar-refractivity contribution in [2.24, 2.45) is 5.92 Å². The quantitative estimate of drug-likeness (QED) is 0.557. The molecular weight excluding hydrogens is 433 g/mol. The van der Waals surface area contributed by atoms with E-state index in [-0.39, 0.29) is 30.7 Å². The van der Waals surface area contributed by atoms with E-state index < -0.39 is 0 Å². The van der Waals surface area contributed by atoms with Crippen molar-refractivity contribution in [1.29, 1.82) is 0 Å². The van der Waals surface area contributed by atoms with Crippen molar-refractivity contribution >= 4 is 30.7 Å². The number of nitrogens with one attached hydrogen (secondary N) is 3. The van der Waals surface area contributed by atoms with Crippen LogP contribution in [-0.2, 0) is 24.1 Å². The van der Waals surface area contributed by atoms with Gasteiger partial charge in [-0.1, -0.05) is 24.3 Å². The van der Waals surface area contributed by atoms with E-state index in [0.29, 0.717) is 13.0 Å². The van der Waals surface area contributed by atoms with Gasteiger partial charge in [0.15, 0.2) is 0 Å². The molecule has 31 heavy (non-hydrogen) atoms. The molecule has 1 aromatic heterocycles. The van der Waals surface area contributed by atoms with E-state index in [9.17, 15) is 4.79 Å². The van der Waals surface area contributed by atoms with Crippen LogP contribution in [0.1, 0.15) is 36.1 Å². The van der Waals surface area contributed by atoms with Gasteiger partial charge in [-0.3, -0.25) is 9.69 Å². The van der Waals surface area contributed by atoms with Crippen molar-refractivity contribution in [1.82, 2.24) is 25.5 Å². The summed E-state index contributed by atoms with van der Waals surface area (Å²) in [7, 11) is 0. The fourth-order valence-electron chi connectivity index (χ4n) is 4.67. The lowest BCUT2D eigenvalue weighted by Crippen LogP contribution is -2.42. The smallest absolute Gasteiger partial charge is 0.224 e. The number of hydrogen-bond acceptors (Lipinski definition) is 4. The van der Waals surface area contributed by atoms with E-state index in [1.807, 2.05) is 0 Å². The van der Waals surface area contributed by atoms with Gasteiger partial charge in [0.05, 0.1) is 12.7 Å². The Morgan fingerprint density at radius 1 is 1.10 bits per heavy atom. The summed E-state index contributed by atoms with van der Waals surface area (Å²) in [5, 5.41) is 6.45. The molecule has 2 aliphatic rings. The number of likely N-dealkylation sites (tertiary alicyclic amines) is 1. The van der Waals surface area contributed by atoms with Crippen LogP contribution >= 0.6 is 24.8 Å². The minimum absolute atomic E-state index is 0. The first-order chi connectivity index (χ1) is 14.3. The van der Waals surface area contributed by atoms with E-state index in [0.717, 1.165) is 36.1 Å². The second-order valence-electron chi connectivity index (χ2n) is 8.51. The second-order valence-corrected chi connectivity index (χ2v) is 8.51. The van der Waals surface area contributed by atoms with Crippen molar-refractivity contribution in [3.8, 4) is 0 Å². The van der Waals surface area contributed by atoms with Crippen molar-refractivity contribution in [3.63, 3.8) is 0 Å². The highest BCUT2D eigenvalue weighted by atomic mass is 35.5. The molecule has 1 unspecified atom stereocenters. The molecule has 4 rings (SSSR count). The molecule has 2 aromatic rings. The largest absolute Gasteiger partial charge is 0.355 e. The highest BCUT2D eigenvalue weighted by Gasteiger charge is 2.28. The van der Waals surface area contributed by atoms with E-state index in [2.05, 4.69) is 49.8 Å². The maximum atomic E-state index is 12.1. The number of amides is 1. The highest BCUT2D eigenvalue weighted by Crippen LogP contribution is 2.25. The van der Waals surface area contributed by atoms with Crippen molar-refractivity contribution < 1.29 is 4.79 Å². The van der Waals surface area contributed by atoms with Crippen molar-refractivity contribution in [2.45, 2.75) is 44.6 Å². The summed E-state index contributed by atoms with van der Waals surface area (Å²) in [6.07, 6.45) is 9.73. The predicted octanol–water partition coefficient (Wildman–Crippen LogP) is 2.77. The number of nitrogens with zero attached hydrogens (tertiary/aromatic N) is 2. The molecule has 1 atom stereocenters. The monoisotopic (exact) mass is 467 g/mol. The molecule has 1 amide bonds. The predicted molar refractivity (Wildman–Crippen MR) is 129 cm³/mol. The summed E-state index contributed by atoms with van der Waals surface area (Å²) in [4.78, 5) is 21.9. The SMILES string of the molecule is Cl.Cl.O=C(Cc1ccc(CC2CCN(C3CCNCC3)C2)cc1)NCCc1cnc[nH]1. The Balaban J connectivity index is 0.00000171. The standard InChI is InChI=1S/C23H33N5O.2ClH/c29-23(26-11-5-21-15-25-17-27-21)14-19-3-1-18(2-4-19)13-20-8-12-28(16-20)22-6-9-24-10-7-22;;/h1-4,15,17,20,22,24H,5-14,16H2,(H,25,27)(H,26,29);2*1H. The molecule has 0 saturated carbocycles. The van der Waals surface area contributed by atoms with Crippen LogP contribution < -0.4 is 10.6 Å². The first-order valence-corrected chi connectivity index (χ1v) is 11.0. The number of piperidine rings is 1. The Kier molecular flexibility index (Phi) is 10.8. The van der Waals surface area contributed by atoms with Gasteiger partial charge >= 0.3 is 0 Å². The lowest BCUT2D eigenvalue weighted by Gasteiger charge is -2.31. The number of H-pyrrole nitrogens is 1. The number of rotatable bonds is 8. The van der Waals surface area contributed by atoms with Crippen molar-refractivity contribution in [3.05, 3.63) is 53.6 Å². The summed E-state index contributed by atoms with van der Waals surface area (Å²) in [5.74, 6) is 0.840. The molecular formula is C23H35Cl2N5O. The van der Waals surface area contributed by atoms with Crippen LogP contribution in [0, 0.1) is 5.92 Å². The minimum Gasteiger partial charge on any atom is -0.355 e. The molecule has 8 heteroatoms. The Morgan fingerprint density at radius 3 is 2.55 bits per heavy atom. The molecule has 6 nitrogen and oxygen atoms in total. The van der Waals surface area contributed by atoms with Crippen LogP contribution in [0.2, 0.25) is 0 Å². The minimum atomic E-state index is 0. The highest BCUT2D eigenvalue weighted by molar-refractivity contribution is 5.85. The molecule has 172 valence electrons. The van der Waals surface area contributed by atoms with Crippen LogP contribution in [0.5, 0.6) is 0 Å². The number of halogens is 2. The van der Waals surface area contributed by atoms with Gasteiger partial charge in [-0.25, -0.2) is 4.98 Å². The number of aromatic nitrogens is 2. The normalized spacial score (nSPS) is 19.4. The summed E-state index contributed by atoms with van der Waals surface area (Å²) in [6, 6.07) is 9.43. The third-order valence-corrected chi connectivity index (χ3v) is 6.33. The Labute approximate surface area is 197 Å². The van der Waals surface area contributed by atoms with Gasteiger partial charge in [-0.05, 0) is 62.4 Å². The number of aromatic amines is 1. The molecule has 2 saturated heterocycles. The molecule has 1 aromatic carbocycles. The van der Waals surface area contributed by atoms with Gasteiger partial charge in [-0.15, -0.1) is 24.8 Å². The van der Waals surface area contributed by atoms with E-state index in [1.54, 1.807) is 12.5 Å². The lowest BCUT2D eigenvalue weighted by molar-refractivity contribution is -0.120. The van der Waals surface area contributed by atoms with E-state index in [1.165, 1.54) is 51.0 Å². The van der Waals surface area contributed by atoms with Crippen LogP contribution in [0.3, 0.4) is 0 Å². The van der Waals surface area contributed by atoms with Gasteiger partial charge in [0.2, 0.25) is 5.91 Å². The number of benzene rings is 1. The number of hydrogen-bond donors (Lipinski definition) is 3. The zero-order chi connectivity index (χ0) is 19.9.